The van der Waals surface area contributed by atoms with Gasteiger partial charge in [-0.05, 0) is 12.0 Å². The van der Waals surface area contributed by atoms with Crippen LogP contribution in [0, 0.1) is 0 Å². The fraction of sp³-hybridized carbons (Fsp3) is 0.333. The fourth-order valence-electron chi connectivity index (χ4n) is 2.59. The molecule has 1 aromatic carbocycles. The maximum atomic E-state index is 9.11. The highest BCUT2D eigenvalue weighted by Gasteiger charge is 2.24. The highest BCUT2D eigenvalue weighted by molar-refractivity contribution is 5.40. The first kappa shape index (κ1) is 12.1. The monoisotopic (exact) mass is 255 g/mol. The Bertz CT molecular complexity index is 544. The lowest BCUT2D eigenvalue weighted by molar-refractivity contribution is 0.276. The van der Waals surface area contributed by atoms with Crippen molar-refractivity contribution in [2.45, 2.75) is 18.9 Å². The maximum Gasteiger partial charge on any atom is 0.147 e. The third-order valence-electron chi connectivity index (χ3n) is 3.62. The summed E-state index contributed by atoms with van der Waals surface area (Å²) in [6.07, 6.45) is 4.51. The van der Waals surface area contributed by atoms with Crippen LogP contribution in [0.25, 0.3) is 0 Å². The molecule has 1 N–H and O–H groups in total. The molecule has 0 spiro atoms. The van der Waals surface area contributed by atoms with Gasteiger partial charge in [-0.2, -0.15) is 0 Å². The molecule has 3 rings (SSSR count). The lowest BCUT2D eigenvalue weighted by Gasteiger charge is -2.17. The molecule has 1 atom stereocenters. The second kappa shape index (κ2) is 5.36. The summed E-state index contributed by atoms with van der Waals surface area (Å²) in [6.45, 7) is 1.90. The molecule has 2 aromatic rings. The van der Waals surface area contributed by atoms with Gasteiger partial charge < -0.3 is 10.0 Å². The molecule has 1 saturated heterocycles. The highest BCUT2D eigenvalue weighted by atomic mass is 16.3. The Morgan fingerprint density at radius 2 is 2.05 bits per heavy atom. The summed E-state index contributed by atoms with van der Waals surface area (Å²) in [6, 6.07) is 10.6. The van der Waals surface area contributed by atoms with Gasteiger partial charge in [0.05, 0.1) is 24.7 Å². The van der Waals surface area contributed by atoms with Crippen LogP contribution < -0.4 is 4.90 Å². The molecule has 1 aromatic heterocycles. The number of hydrogen-bond acceptors (Lipinski definition) is 4. The smallest absolute Gasteiger partial charge is 0.147 e. The Kier molecular flexibility index (Phi) is 3.42. The van der Waals surface area contributed by atoms with Crippen molar-refractivity contribution >= 4 is 5.82 Å². The highest BCUT2D eigenvalue weighted by Crippen LogP contribution is 2.29. The second-order valence-corrected chi connectivity index (χ2v) is 4.87. The fourth-order valence-corrected chi connectivity index (χ4v) is 2.59. The van der Waals surface area contributed by atoms with Crippen LogP contribution in [0.1, 0.15) is 23.6 Å². The quantitative estimate of drug-likeness (QED) is 0.911. The number of rotatable bonds is 3. The molecule has 98 valence electrons. The normalized spacial score (nSPS) is 18.8. The first-order valence-corrected chi connectivity index (χ1v) is 6.58. The summed E-state index contributed by atoms with van der Waals surface area (Å²) < 4.78 is 0. The van der Waals surface area contributed by atoms with Crippen molar-refractivity contribution in [2.75, 3.05) is 18.0 Å². The molecule has 19 heavy (non-hydrogen) atoms. The van der Waals surface area contributed by atoms with Crippen LogP contribution >= 0.6 is 0 Å². The van der Waals surface area contributed by atoms with Gasteiger partial charge in [-0.15, -0.1) is 0 Å². The Morgan fingerprint density at radius 1 is 1.21 bits per heavy atom. The van der Waals surface area contributed by atoms with E-state index in [1.54, 1.807) is 12.4 Å². The lowest BCUT2D eigenvalue weighted by Crippen LogP contribution is -2.21. The predicted octanol–water partition coefficient (Wildman–Crippen LogP) is 1.96. The van der Waals surface area contributed by atoms with Crippen molar-refractivity contribution in [1.29, 1.82) is 0 Å². The largest absolute Gasteiger partial charge is 0.390 e. The van der Waals surface area contributed by atoms with Gasteiger partial charge in [0.1, 0.15) is 5.82 Å². The predicted molar refractivity (Wildman–Crippen MR) is 74.0 cm³/mol. The van der Waals surface area contributed by atoms with Gasteiger partial charge >= 0.3 is 0 Å². The van der Waals surface area contributed by atoms with E-state index in [9.17, 15) is 0 Å². The second-order valence-electron chi connectivity index (χ2n) is 4.87. The molecule has 0 bridgehead atoms. The average Bonchev–Trinajstić information content (AvgIpc) is 2.98. The SMILES string of the molecule is OCc1cncc(N2CCC(c3ccccc3)C2)n1. The van der Waals surface area contributed by atoms with Gasteiger partial charge in [0.25, 0.3) is 0 Å². The molecule has 0 aliphatic carbocycles. The van der Waals surface area contributed by atoms with E-state index in [1.807, 2.05) is 6.07 Å². The summed E-state index contributed by atoms with van der Waals surface area (Å²) in [7, 11) is 0. The lowest BCUT2D eigenvalue weighted by atomic mass is 9.99. The summed E-state index contributed by atoms with van der Waals surface area (Å²) in [5, 5.41) is 9.11. The third kappa shape index (κ3) is 2.58. The maximum absolute atomic E-state index is 9.11. The number of aliphatic hydroxyl groups excluding tert-OH is 1. The average molecular weight is 255 g/mol. The zero-order chi connectivity index (χ0) is 13.1. The molecule has 2 heterocycles. The molecule has 1 aliphatic heterocycles. The molecule has 0 saturated carbocycles. The number of hydrogen-bond donors (Lipinski definition) is 1. The molecule has 4 nitrogen and oxygen atoms in total. The summed E-state index contributed by atoms with van der Waals surface area (Å²) in [5.41, 5.74) is 2.01. The van der Waals surface area contributed by atoms with Crippen LogP contribution in [0.15, 0.2) is 42.7 Å². The number of nitrogens with zero attached hydrogens (tertiary/aromatic N) is 3. The van der Waals surface area contributed by atoms with Crippen LogP contribution in [0.2, 0.25) is 0 Å². The topological polar surface area (TPSA) is 49.3 Å². The molecule has 1 unspecified atom stereocenters. The van der Waals surface area contributed by atoms with Crippen molar-refractivity contribution in [1.82, 2.24) is 9.97 Å². The number of aliphatic hydroxyl groups is 1. The van der Waals surface area contributed by atoms with E-state index in [2.05, 4.69) is 39.1 Å². The van der Waals surface area contributed by atoms with Gasteiger partial charge in [-0.3, -0.25) is 4.98 Å². The van der Waals surface area contributed by atoms with Crippen LogP contribution in [-0.2, 0) is 6.61 Å². The Labute approximate surface area is 112 Å². The van der Waals surface area contributed by atoms with Crippen molar-refractivity contribution < 1.29 is 5.11 Å². The summed E-state index contributed by atoms with van der Waals surface area (Å²) in [4.78, 5) is 10.8. The molecule has 4 heteroatoms. The van der Waals surface area contributed by atoms with E-state index >= 15 is 0 Å². The standard InChI is InChI=1S/C15H17N3O/c19-11-14-8-16-9-15(17-14)18-7-6-13(10-18)12-4-2-1-3-5-12/h1-5,8-9,13,19H,6-7,10-11H2. The van der Waals surface area contributed by atoms with Gasteiger partial charge in [0, 0.05) is 19.0 Å². The van der Waals surface area contributed by atoms with Gasteiger partial charge in [-0.25, -0.2) is 4.98 Å². The van der Waals surface area contributed by atoms with E-state index in [0.717, 1.165) is 25.3 Å². The molecule has 0 amide bonds. The minimum Gasteiger partial charge on any atom is -0.390 e. The van der Waals surface area contributed by atoms with E-state index in [0.29, 0.717) is 11.6 Å². The number of aromatic nitrogens is 2. The van der Waals surface area contributed by atoms with E-state index < -0.39 is 0 Å². The van der Waals surface area contributed by atoms with Crippen molar-refractivity contribution in [3.63, 3.8) is 0 Å². The minimum atomic E-state index is -0.0587. The van der Waals surface area contributed by atoms with Gasteiger partial charge in [-0.1, -0.05) is 30.3 Å². The molecular weight excluding hydrogens is 238 g/mol. The number of benzene rings is 1. The van der Waals surface area contributed by atoms with Crippen molar-refractivity contribution in [3.8, 4) is 0 Å². The van der Waals surface area contributed by atoms with Crippen LogP contribution in [-0.4, -0.2) is 28.2 Å². The third-order valence-corrected chi connectivity index (χ3v) is 3.62. The van der Waals surface area contributed by atoms with Gasteiger partial charge in [0.15, 0.2) is 0 Å². The van der Waals surface area contributed by atoms with Gasteiger partial charge in [0.2, 0.25) is 0 Å². The van der Waals surface area contributed by atoms with E-state index in [-0.39, 0.29) is 6.61 Å². The molecule has 1 aliphatic rings. The van der Waals surface area contributed by atoms with E-state index in [1.165, 1.54) is 5.56 Å². The molecule has 1 fully saturated rings. The van der Waals surface area contributed by atoms with Crippen LogP contribution in [0.4, 0.5) is 5.82 Å². The minimum absolute atomic E-state index is 0.0587. The Hall–Kier alpha value is -1.94. The van der Waals surface area contributed by atoms with Crippen molar-refractivity contribution in [3.05, 3.63) is 54.0 Å². The first-order valence-electron chi connectivity index (χ1n) is 6.58. The molecular formula is C15H17N3O. The van der Waals surface area contributed by atoms with Crippen molar-refractivity contribution in [2.24, 2.45) is 0 Å². The summed E-state index contributed by atoms with van der Waals surface area (Å²) >= 11 is 0. The summed E-state index contributed by atoms with van der Waals surface area (Å²) in [5.74, 6) is 1.42. The first-order chi connectivity index (χ1) is 9.36. The Morgan fingerprint density at radius 3 is 2.84 bits per heavy atom. The van der Waals surface area contributed by atoms with E-state index in [4.69, 9.17) is 5.11 Å². The molecule has 0 radical (unpaired) electrons. The van der Waals surface area contributed by atoms with Crippen LogP contribution in [0.3, 0.4) is 0 Å². The zero-order valence-corrected chi connectivity index (χ0v) is 10.7. The zero-order valence-electron chi connectivity index (χ0n) is 10.7. The Balaban J connectivity index is 1.75. The van der Waals surface area contributed by atoms with Crippen LogP contribution in [0.5, 0.6) is 0 Å². The number of anilines is 1.